The first-order valence-corrected chi connectivity index (χ1v) is 6.14. The molecule has 0 aliphatic heterocycles. The number of thiazole rings is 1. The SMILES string of the molecule is O=C(Nc1cc([N+](=O)[O-])ccc1C(=O)O)c1cscn1. The summed E-state index contributed by atoms with van der Waals surface area (Å²) in [6.45, 7) is 0. The van der Waals surface area contributed by atoms with E-state index in [-0.39, 0.29) is 22.6 Å². The topological polar surface area (TPSA) is 122 Å². The second kappa shape index (κ2) is 5.45. The van der Waals surface area contributed by atoms with Crippen LogP contribution in [0.15, 0.2) is 29.1 Å². The van der Waals surface area contributed by atoms with Crippen molar-refractivity contribution in [3.63, 3.8) is 0 Å². The van der Waals surface area contributed by atoms with E-state index in [1.807, 2.05) is 0 Å². The van der Waals surface area contributed by atoms with Gasteiger partial charge in [0.15, 0.2) is 0 Å². The lowest BCUT2D eigenvalue weighted by atomic mass is 10.1. The van der Waals surface area contributed by atoms with Crippen LogP contribution < -0.4 is 5.32 Å². The zero-order valence-electron chi connectivity index (χ0n) is 9.77. The molecule has 20 heavy (non-hydrogen) atoms. The smallest absolute Gasteiger partial charge is 0.337 e. The van der Waals surface area contributed by atoms with E-state index in [9.17, 15) is 19.7 Å². The zero-order valence-corrected chi connectivity index (χ0v) is 10.6. The number of hydrogen-bond acceptors (Lipinski definition) is 6. The Morgan fingerprint density at radius 2 is 2.15 bits per heavy atom. The van der Waals surface area contributed by atoms with Gasteiger partial charge in [-0.05, 0) is 6.07 Å². The van der Waals surface area contributed by atoms with Gasteiger partial charge in [0, 0.05) is 17.5 Å². The van der Waals surface area contributed by atoms with Gasteiger partial charge in [-0.3, -0.25) is 14.9 Å². The van der Waals surface area contributed by atoms with Crippen LogP contribution in [0.3, 0.4) is 0 Å². The van der Waals surface area contributed by atoms with Crippen LogP contribution in [-0.4, -0.2) is 26.9 Å². The molecule has 0 atom stereocenters. The summed E-state index contributed by atoms with van der Waals surface area (Å²) >= 11 is 1.20. The normalized spacial score (nSPS) is 10.0. The Morgan fingerprint density at radius 3 is 2.70 bits per heavy atom. The highest BCUT2D eigenvalue weighted by Crippen LogP contribution is 2.23. The second-order valence-corrected chi connectivity index (χ2v) is 4.34. The minimum absolute atomic E-state index is 0.109. The summed E-state index contributed by atoms with van der Waals surface area (Å²) in [6.07, 6.45) is 0. The van der Waals surface area contributed by atoms with Crippen LogP contribution in [0.25, 0.3) is 0 Å². The number of amides is 1. The maximum absolute atomic E-state index is 11.8. The first-order chi connectivity index (χ1) is 9.49. The van der Waals surface area contributed by atoms with E-state index in [0.717, 1.165) is 18.2 Å². The number of hydrogen-bond donors (Lipinski definition) is 2. The number of nitrogens with zero attached hydrogens (tertiary/aromatic N) is 2. The summed E-state index contributed by atoms with van der Waals surface area (Å²) < 4.78 is 0. The van der Waals surface area contributed by atoms with E-state index in [1.54, 1.807) is 0 Å². The van der Waals surface area contributed by atoms with Crippen LogP contribution in [0, 0.1) is 10.1 Å². The average Bonchev–Trinajstić information content (AvgIpc) is 2.92. The Morgan fingerprint density at radius 1 is 1.40 bits per heavy atom. The van der Waals surface area contributed by atoms with Crippen LogP contribution in [0.1, 0.15) is 20.8 Å². The lowest BCUT2D eigenvalue weighted by molar-refractivity contribution is -0.384. The number of anilines is 1. The Labute approximate surface area is 115 Å². The fourth-order valence-electron chi connectivity index (χ4n) is 1.45. The summed E-state index contributed by atoms with van der Waals surface area (Å²) in [5, 5.41) is 23.5. The van der Waals surface area contributed by atoms with Gasteiger partial charge in [-0.1, -0.05) is 0 Å². The van der Waals surface area contributed by atoms with Crippen molar-refractivity contribution in [1.29, 1.82) is 0 Å². The van der Waals surface area contributed by atoms with E-state index in [1.165, 1.54) is 22.2 Å². The van der Waals surface area contributed by atoms with Gasteiger partial charge < -0.3 is 10.4 Å². The minimum Gasteiger partial charge on any atom is -0.478 e. The molecule has 0 aliphatic carbocycles. The fourth-order valence-corrected chi connectivity index (χ4v) is 1.98. The van der Waals surface area contributed by atoms with Crippen LogP contribution >= 0.6 is 11.3 Å². The summed E-state index contributed by atoms with van der Waals surface area (Å²) in [5.41, 5.74) is 0.853. The number of carbonyl (C=O) groups excluding carboxylic acids is 1. The highest BCUT2D eigenvalue weighted by atomic mass is 32.1. The summed E-state index contributed by atoms with van der Waals surface area (Å²) in [6, 6.07) is 3.12. The monoisotopic (exact) mass is 293 g/mol. The number of benzene rings is 1. The number of carboxylic acids is 1. The molecule has 1 heterocycles. The largest absolute Gasteiger partial charge is 0.478 e. The molecule has 2 N–H and O–H groups in total. The van der Waals surface area contributed by atoms with Crippen molar-refractivity contribution < 1.29 is 19.6 Å². The second-order valence-electron chi connectivity index (χ2n) is 3.62. The van der Waals surface area contributed by atoms with Crippen molar-refractivity contribution in [3.8, 4) is 0 Å². The summed E-state index contributed by atoms with van der Waals surface area (Å²) in [4.78, 5) is 36.6. The minimum atomic E-state index is -1.30. The standard InChI is InChI=1S/C11H7N3O5S/c15-10(9-4-20-5-12-9)13-8-3-6(14(18)19)1-2-7(8)11(16)17/h1-5H,(H,13,15)(H,16,17). The molecule has 2 aromatic rings. The maximum atomic E-state index is 11.8. The van der Waals surface area contributed by atoms with Crippen LogP contribution in [0.2, 0.25) is 0 Å². The third-order valence-corrected chi connectivity index (χ3v) is 2.94. The van der Waals surface area contributed by atoms with E-state index in [4.69, 9.17) is 5.11 Å². The molecular weight excluding hydrogens is 286 g/mol. The average molecular weight is 293 g/mol. The lowest BCUT2D eigenvalue weighted by Crippen LogP contribution is -2.15. The predicted octanol–water partition coefficient (Wildman–Crippen LogP) is 2.00. The van der Waals surface area contributed by atoms with Crippen LogP contribution in [0.5, 0.6) is 0 Å². The lowest BCUT2D eigenvalue weighted by Gasteiger charge is -2.07. The van der Waals surface area contributed by atoms with Gasteiger partial charge in [0.25, 0.3) is 11.6 Å². The van der Waals surface area contributed by atoms with Crippen molar-refractivity contribution >= 4 is 34.6 Å². The van der Waals surface area contributed by atoms with Crippen molar-refractivity contribution in [2.75, 3.05) is 5.32 Å². The molecule has 2 rings (SSSR count). The number of non-ortho nitro benzene ring substituents is 1. The number of nitro groups is 1. The predicted molar refractivity (Wildman–Crippen MR) is 70.1 cm³/mol. The molecular formula is C11H7N3O5S. The molecule has 0 saturated carbocycles. The molecule has 0 aliphatic rings. The molecule has 0 bridgehead atoms. The first-order valence-electron chi connectivity index (χ1n) is 5.20. The molecule has 0 saturated heterocycles. The van der Waals surface area contributed by atoms with Crippen molar-refractivity contribution in [2.24, 2.45) is 0 Å². The zero-order chi connectivity index (χ0) is 14.7. The number of nitro benzene ring substituents is 1. The highest BCUT2D eigenvalue weighted by molar-refractivity contribution is 7.07. The molecule has 1 amide bonds. The third-order valence-electron chi connectivity index (χ3n) is 2.36. The number of aromatic carboxylic acids is 1. The summed E-state index contributed by atoms with van der Waals surface area (Å²) in [7, 11) is 0. The molecule has 0 unspecified atom stereocenters. The molecule has 9 heteroatoms. The van der Waals surface area contributed by atoms with Gasteiger partial charge in [0.2, 0.25) is 0 Å². The van der Waals surface area contributed by atoms with Gasteiger partial charge in [0.05, 0.1) is 21.7 Å². The van der Waals surface area contributed by atoms with E-state index in [0.29, 0.717) is 0 Å². The number of carbonyl (C=O) groups is 2. The Bertz CT molecular complexity index is 683. The van der Waals surface area contributed by atoms with Gasteiger partial charge >= 0.3 is 5.97 Å². The van der Waals surface area contributed by atoms with Gasteiger partial charge in [0.1, 0.15) is 5.69 Å². The Kier molecular flexibility index (Phi) is 3.71. The Balaban J connectivity index is 2.37. The first kappa shape index (κ1) is 13.6. The van der Waals surface area contributed by atoms with Crippen LogP contribution in [-0.2, 0) is 0 Å². The molecule has 102 valence electrons. The van der Waals surface area contributed by atoms with Crippen molar-refractivity contribution in [3.05, 3.63) is 50.5 Å². The number of aromatic nitrogens is 1. The van der Waals surface area contributed by atoms with Crippen molar-refractivity contribution in [1.82, 2.24) is 4.98 Å². The fraction of sp³-hybridized carbons (Fsp3) is 0. The Hall–Kier alpha value is -2.81. The molecule has 1 aromatic carbocycles. The highest BCUT2D eigenvalue weighted by Gasteiger charge is 2.18. The number of carboxylic acid groups (broad SMARTS) is 1. The molecule has 8 nitrogen and oxygen atoms in total. The van der Waals surface area contributed by atoms with Gasteiger partial charge in [-0.25, -0.2) is 9.78 Å². The summed E-state index contributed by atoms with van der Waals surface area (Å²) in [5.74, 6) is -1.93. The van der Waals surface area contributed by atoms with E-state index < -0.39 is 16.8 Å². The molecule has 0 fully saturated rings. The quantitative estimate of drug-likeness (QED) is 0.656. The van der Waals surface area contributed by atoms with Crippen molar-refractivity contribution in [2.45, 2.75) is 0 Å². The molecule has 1 aromatic heterocycles. The van der Waals surface area contributed by atoms with E-state index in [2.05, 4.69) is 10.3 Å². The van der Waals surface area contributed by atoms with Gasteiger partial charge in [-0.2, -0.15) is 0 Å². The maximum Gasteiger partial charge on any atom is 0.337 e. The number of nitrogens with one attached hydrogen (secondary N) is 1. The number of rotatable bonds is 4. The van der Waals surface area contributed by atoms with Gasteiger partial charge in [-0.15, -0.1) is 11.3 Å². The molecule has 0 radical (unpaired) electrons. The van der Waals surface area contributed by atoms with Crippen LogP contribution in [0.4, 0.5) is 11.4 Å². The van der Waals surface area contributed by atoms with E-state index >= 15 is 0 Å². The third kappa shape index (κ3) is 2.78. The molecule has 0 spiro atoms.